The molecule has 0 radical (unpaired) electrons. The van der Waals surface area contributed by atoms with Crippen LogP contribution in [0.15, 0.2) is 16.5 Å². The van der Waals surface area contributed by atoms with Crippen LogP contribution in [0, 0.1) is 6.92 Å². The van der Waals surface area contributed by atoms with E-state index in [9.17, 15) is 0 Å². The molecule has 0 bridgehead atoms. The maximum absolute atomic E-state index is 8.94. The predicted molar refractivity (Wildman–Crippen MR) is 46.8 cm³/mol. The molecule has 0 spiro atoms. The van der Waals surface area contributed by atoms with Gasteiger partial charge in [0, 0.05) is 6.54 Å². The lowest BCUT2D eigenvalue weighted by Crippen LogP contribution is -2.23. The Kier molecular flexibility index (Phi) is 3.31. The van der Waals surface area contributed by atoms with E-state index in [1.165, 1.54) is 0 Å². The zero-order chi connectivity index (χ0) is 8.97. The summed E-state index contributed by atoms with van der Waals surface area (Å²) >= 11 is 0. The Morgan fingerprint density at radius 1 is 1.58 bits per heavy atom. The van der Waals surface area contributed by atoms with Crippen LogP contribution in [0.2, 0.25) is 0 Å². The summed E-state index contributed by atoms with van der Waals surface area (Å²) in [5.74, 6) is 1.83. The minimum atomic E-state index is -0.305. The second-order valence-electron chi connectivity index (χ2n) is 2.99. The monoisotopic (exact) mass is 169 g/mol. The lowest BCUT2D eigenvalue weighted by molar-refractivity contribution is 0.190. The van der Waals surface area contributed by atoms with Gasteiger partial charge in [0.2, 0.25) is 0 Å². The van der Waals surface area contributed by atoms with Crippen LogP contribution in [0.4, 0.5) is 0 Å². The molecule has 12 heavy (non-hydrogen) atoms. The first-order valence-corrected chi connectivity index (χ1v) is 4.12. The number of aliphatic hydroxyl groups is 1. The van der Waals surface area contributed by atoms with Gasteiger partial charge in [-0.15, -0.1) is 0 Å². The van der Waals surface area contributed by atoms with Crippen LogP contribution in [0.25, 0.3) is 0 Å². The third-order valence-corrected chi connectivity index (χ3v) is 1.53. The first-order valence-electron chi connectivity index (χ1n) is 4.12. The maximum Gasteiger partial charge on any atom is 0.117 e. The van der Waals surface area contributed by atoms with Gasteiger partial charge in [0.25, 0.3) is 0 Å². The molecule has 0 fully saturated rings. The highest BCUT2D eigenvalue weighted by Gasteiger charge is 1.98. The van der Waals surface area contributed by atoms with Crippen LogP contribution in [0.1, 0.15) is 18.4 Å². The molecule has 1 rings (SSSR count). The van der Waals surface area contributed by atoms with Crippen molar-refractivity contribution in [1.29, 1.82) is 0 Å². The van der Waals surface area contributed by atoms with Gasteiger partial charge in [-0.05, 0) is 26.0 Å². The fraction of sp³-hybridized carbons (Fsp3) is 0.556. The molecule has 0 saturated carbocycles. The molecule has 3 nitrogen and oxygen atoms in total. The Morgan fingerprint density at radius 2 is 2.33 bits per heavy atom. The highest BCUT2D eigenvalue weighted by Crippen LogP contribution is 2.04. The molecular weight excluding hydrogens is 154 g/mol. The highest BCUT2D eigenvalue weighted by molar-refractivity contribution is 5.05. The molecule has 0 unspecified atom stereocenters. The zero-order valence-corrected chi connectivity index (χ0v) is 7.50. The first kappa shape index (κ1) is 9.29. The van der Waals surface area contributed by atoms with E-state index in [1.807, 2.05) is 19.1 Å². The van der Waals surface area contributed by atoms with Gasteiger partial charge in [0.1, 0.15) is 11.5 Å². The van der Waals surface area contributed by atoms with Gasteiger partial charge >= 0.3 is 0 Å². The second kappa shape index (κ2) is 4.28. The van der Waals surface area contributed by atoms with Crippen molar-refractivity contribution in [1.82, 2.24) is 5.32 Å². The topological polar surface area (TPSA) is 45.4 Å². The van der Waals surface area contributed by atoms with E-state index in [4.69, 9.17) is 9.52 Å². The molecule has 0 aromatic carbocycles. The number of aliphatic hydroxyl groups excluding tert-OH is 1. The fourth-order valence-corrected chi connectivity index (χ4v) is 0.984. The van der Waals surface area contributed by atoms with Gasteiger partial charge in [0.05, 0.1) is 12.6 Å². The van der Waals surface area contributed by atoms with Crippen LogP contribution < -0.4 is 5.32 Å². The summed E-state index contributed by atoms with van der Waals surface area (Å²) in [6, 6.07) is 3.86. The molecule has 3 heteroatoms. The molecule has 0 saturated heterocycles. The number of hydrogen-bond donors (Lipinski definition) is 2. The number of hydrogen-bond acceptors (Lipinski definition) is 3. The van der Waals surface area contributed by atoms with Crippen LogP contribution >= 0.6 is 0 Å². The molecule has 1 atom stereocenters. The zero-order valence-electron chi connectivity index (χ0n) is 7.50. The summed E-state index contributed by atoms with van der Waals surface area (Å²) in [7, 11) is 0. The third-order valence-electron chi connectivity index (χ3n) is 1.53. The van der Waals surface area contributed by atoms with Crippen molar-refractivity contribution in [2.24, 2.45) is 0 Å². The van der Waals surface area contributed by atoms with Gasteiger partial charge in [0.15, 0.2) is 0 Å². The molecular formula is C9H15NO2. The van der Waals surface area contributed by atoms with E-state index >= 15 is 0 Å². The van der Waals surface area contributed by atoms with Crippen LogP contribution in [0.5, 0.6) is 0 Å². The molecule has 0 aliphatic heterocycles. The number of furan rings is 1. The Hall–Kier alpha value is -0.800. The smallest absolute Gasteiger partial charge is 0.117 e. The Bertz CT molecular complexity index is 230. The summed E-state index contributed by atoms with van der Waals surface area (Å²) in [6.07, 6.45) is -0.305. The standard InChI is InChI=1S/C9H15NO2/c1-7(11)5-10-6-9-4-3-8(2)12-9/h3-4,7,10-11H,5-6H2,1-2H3/t7-/m1/s1. The van der Waals surface area contributed by atoms with Crippen LogP contribution in [-0.2, 0) is 6.54 Å². The van der Waals surface area contributed by atoms with E-state index < -0.39 is 0 Å². The summed E-state index contributed by atoms with van der Waals surface area (Å²) < 4.78 is 5.32. The van der Waals surface area contributed by atoms with Crippen molar-refractivity contribution in [3.8, 4) is 0 Å². The van der Waals surface area contributed by atoms with E-state index in [0.29, 0.717) is 13.1 Å². The number of rotatable bonds is 4. The predicted octanol–water partition coefficient (Wildman–Crippen LogP) is 1.06. The van der Waals surface area contributed by atoms with Crippen molar-refractivity contribution < 1.29 is 9.52 Å². The van der Waals surface area contributed by atoms with E-state index in [1.54, 1.807) is 6.92 Å². The van der Waals surface area contributed by atoms with Gasteiger partial charge in [-0.1, -0.05) is 0 Å². The summed E-state index contributed by atoms with van der Waals surface area (Å²) in [5, 5.41) is 12.0. The lowest BCUT2D eigenvalue weighted by Gasteiger charge is -2.04. The van der Waals surface area contributed by atoms with E-state index in [2.05, 4.69) is 5.32 Å². The molecule has 0 aliphatic carbocycles. The average molecular weight is 169 g/mol. The van der Waals surface area contributed by atoms with Gasteiger partial charge in [-0.2, -0.15) is 0 Å². The van der Waals surface area contributed by atoms with Crippen LogP contribution in [-0.4, -0.2) is 17.8 Å². The minimum Gasteiger partial charge on any atom is -0.465 e. The molecule has 2 N–H and O–H groups in total. The van der Waals surface area contributed by atoms with Crippen LogP contribution in [0.3, 0.4) is 0 Å². The lowest BCUT2D eigenvalue weighted by atomic mass is 10.4. The van der Waals surface area contributed by atoms with E-state index in [0.717, 1.165) is 11.5 Å². The average Bonchev–Trinajstić information content (AvgIpc) is 2.35. The molecule has 1 aromatic rings. The number of nitrogens with one attached hydrogen (secondary N) is 1. The Labute approximate surface area is 72.4 Å². The maximum atomic E-state index is 8.94. The number of aryl methyl sites for hydroxylation is 1. The van der Waals surface area contributed by atoms with Crippen molar-refractivity contribution >= 4 is 0 Å². The quantitative estimate of drug-likeness (QED) is 0.708. The SMILES string of the molecule is Cc1ccc(CNC[C@@H](C)O)o1. The molecule has 0 amide bonds. The Balaban J connectivity index is 2.24. The third kappa shape index (κ3) is 3.07. The Morgan fingerprint density at radius 3 is 2.83 bits per heavy atom. The summed E-state index contributed by atoms with van der Waals surface area (Å²) in [5.41, 5.74) is 0. The van der Waals surface area contributed by atoms with Gasteiger partial charge in [-0.25, -0.2) is 0 Å². The fourth-order valence-electron chi connectivity index (χ4n) is 0.984. The molecule has 1 heterocycles. The summed E-state index contributed by atoms with van der Waals surface area (Å²) in [6.45, 7) is 4.94. The normalized spacial score (nSPS) is 13.2. The molecule has 68 valence electrons. The van der Waals surface area contributed by atoms with Gasteiger partial charge < -0.3 is 14.8 Å². The van der Waals surface area contributed by atoms with Crippen molar-refractivity contribution in [3.05, 3.63) is 23.7 Å². The summed E-state index contributed by atoms with van der Waals surface area (Å²) in [4.78, 5) is 0. The highest BCUT2D eigenvalue weighted by atomic mass is 16.3. The van der Waals surface area contributed by atoms with E-state index in [-0.39, 0.29) is 6.10 Å². The largest absolute Gasteiger partial charge is 0.465 e. The molecule has 0 aliphatic rings. The van der Waals surface area contributed by atoms with Gasteiger partial charge in [-0.3, -0.25) is 0 Å². The van der Waals surface area contributed by atoms with Crippen molar-refractivity contribution in [2.45, 2.75) is 26.5 Å². The minimum absolute atomic E-state index is 0.305. The van der Waals surface area contributed by atoms with Crippen molar-refractivity contribution in [2.75, 3.05) is 6.54 Å². The second-order valence-corrected chi connectivity index (χ2v) is 2.99. The van der Waals surface area contributed by atoms with Crippen molar-refractivity contribution in [3.63, 3.8) is 0 Å². The first-order chi connectivity index (χ1) is 5.68. The molecule has 1 aromatic heterocycles.